The molecule has 2 heteroatoms. The zero-order valence-electron chi connectivity index (χ0n) is 7.68. The summed E-state index contributed by atoms with van der Waals surface area (Å²) in [5, 5.41) is 3.52. The second-order valence-corrected chi connectivity index (χ2v) is 4.82. The molecule has 1 nitrogen and oxygen atoms in total. The number of hydrogen-bond donors (Lipinski definition) is 1. The number of nitrogens with one attached hydrogen (secondary N) is 1. The van der Waals surface area contributed by atoms with Crippen molar-refractivity contribution in [2.75, 3.05) is 6.54 Å². The van der Waals surface area contributed by atoms with Gasteiger partial charge in [0, 0.05) is 15.8 Å². The third-order valence-corrected chi connectivity index (χ3v) is 3.86. The van der Waals surface area contributed by atoms with Gasteiger partial charge in [0.2, 0.25) is 0 Å². The van der Waals surface area contributed by atoms with Crippen molar-refractivity contribution in [2.45, 2.75) is 32.7 Å². The van der Waals surface area contributed by atoms with E-state index in [9.17, 15) is 0 Å². The fourth-order valence-corrected chi connectivity index (χ4v) is 2.85. The molecule has 0 aromatic carbocycles. The van der Waals surface area contributed by atoms with Gasteiger partial charge in [0.05, 0.1) is 0 Å². The topological polar surface area (TPSA) is 12.0 Å². The molecule has 1 aliphatic heterocycles. The summed E-state index contributed by atoms with van der Waals surface area (Å²) in [7, 11) is 0. The van der Waals surface area contributed by atoms with Crippen LogP contribution in [-0.4, -0.2) is 6.54 Å². The van der Waals surface area contributed by atoms with Gasteiger partial charge in [0.15, 0.2) is 0 Å². The lowest BCUT2D eigenvalue weighted by Gasteiger charge is -2.05. The van der Waals surface area contributed by atoms with Crippen LogP contribution in [0.1, 0.15) is 34.2 Å². The summed E-state index contributed by atoms with van der Waals surface area (Å²) in [4.78, 5) is 3.00. The second-order valence-electron chi connectivity index (χ2n) is 3.54. The fraction of sp³-hybridized carbons (Fsp3) is 0.600. The summed E-state index contributed by atoms with van der Waals surface area (Å²) in [6.07, 6.45) is 2.65. The molecule has 66 valence electrons. The zero-order valence-corrected chi connectivity index (χ0v) is 8.50. The Morgan fingerprint density at radius 3 is 2.83 bits per heavy atom. The molecule has 0 aliphatic carbocycles. The molecule has 1 saturated heterocycles. The van der Waals surface area contributed by atoms with Crippen molar-refractivity contribution >= 4 is 11.3 Å². The van der Waals surface area contributed by atoms with E-state index in [-0.39, 0.29) is 0 Å². The SMILES string of the molecule is Cc1cc(C2CCCN2)sc1C. The van der Waals surface area contributed by atoms with E-state index in [1.165, 1.54) is 34.7 Å². The van der Waals surface area contributed by atoms with Crippen LogP contribution in [0.5, 0.6) is 0 Å². The van der Waals surface area contributed by atoms with Crippen LogP contribution in [0.15, 0.2) is 6.07 Å². The van der Waals surface area contributed by atoms with Gasteiger partial charge < -0.3 is 5.32 Å². The molecule has 1 atom stereocenters. The first-order valence-electron chi connectivity index (χ1n) is 4.57. The highest BCUT2D eigenvalue weighted by atomic mass is 32.1. The highest BCUT2D eigenvalue weighted by Gasteiger charge is 2.17. The molecule has 0 amide bonds. The van der Waals surface area contributed by atoms with Crippen molar-refractivity contribution in [1.82, 2.24) is 5.32 Å². The van der Waals surface area contributed by atoms with E-state index in [4.69, 9.17) is 0 Å². The van der Waals surface area contributed by atoms with Gasteiger partial charge in [-0.2, -0.15) is 0 Å². The lowest BCUT2D eigenvalue weighted by molar-refractivity contribution is 0.659. The van der Waals surface area contributed by atoms with Gasteiger partial charge in [-0.3, -0.25) is 0 Å². The summed E-state index contributed by atoms with van der Waals surface area (Å²) < 4.78 is 0. The van der Waals surface area contributed by atoms with Crippen LogP contribution < -0.4 is 5.32 Å². The number of thiophene rings is 1. The van der Waals surface area contributed by atoms with Crippen molar-refractivity contribution in [3.8, 4) is 0 Å². The molecule has 0 spiro atoms. The Labute approximate surface area is 77.8 Å². The fourth-order valence-electron chi connectivity index (χ4n) is 1.70. The molecule has 1 fully saturated rings. The van der Waals surface area contributed by atoms with Gasteiger partial charge in [-0.15, -0.1) is 11.3 Å². The Kier molecular flexibility index (Phi) is 2.20. The number of rotatable bonds is 1. The van der Waals surface area contributed by atoms with Gasteiger partial charge in [-0.1, -0.05) is 0 Å². The van der Waals surface area contributed by atoms with Crippen LogP contribution in [0.2, 0.25) is 0 Å². The van der Waals surface area contributed by atoms with Gasteiger partial charge in [0.25, 0.3) is 0 Å². The first-order chi connectivity index (χ1) is 5.77. The van der Waals surface area contributed by atoms with E-state index in [0.29, 0.717) is 6.04 Å². The van der Waals surface area contributed by atoms with Crippen molar-refractivity contribution in [3.05, 3.63) is 21.4 Å². The molecule has 2 rings (SSSR count). The molecule has 1 aliphatic rings. The van der Waals surface area contributed by atoms with Crippen molar-refractivity contribution in [2.24, 2.45) is 0 Å². The van der Waals surface area contributed by atoms with Gasteiger partial charge in [0.1, 0.15) is 0 Å². The minimum absolute atomic E-state index is 0.655. The summed E-state index contributed by atoms with van der Waals surface area (Å²) in [6, 6.07) is 2.99. The standard InChI is InChI=1S/C10H15NS/c1-7-6-10(12-8(7)2)9-4-3-5-11-9/h6,9,11H,3-5H2,1-2H3. The largest absolute Gasteiger partial charge is 0.309 e. The first-order valence-corrected chi connectivity index (χ1v) is 5.39. The van der Waals surface area contributed by atoms with Crippen molar-refractivity contribution in [3.63, 3.8) is 0 Å². The molecule has 0 bridgehead atoms. The Hall–Kier alpha value is -0.340. The normalized spacial score (nSPS) is 23.3. The molecular formula is C10H15NS. The quantitative estimate of drug-likeness (QED) is 0.702. The van der Waals surface area contributed by atoms with Crippen LogP contribution in [0, 0.1) is 13.8 Å². The molecule has 0 radical (unpaired) electrons. The Morgan fingerprint density at radius 2 is 2.33 bits per heavy atom. The molecule has 0 saturated carbocycles. The second kappa shape index (κ2) is 3.19. The van der Waals surface area contributed by atoms with E-state index in [1.54, 1.807) is 0 Å². The highest BCUT2D eigenvalue weighted by molar-refractivity contribution is 7.12. The minimum atomic E-state index is 0.655. The maximum absolute atomic E-state index is 3.52. The minimum Gasteiger partial charge on any atom is -0.309 e. The summed E-state index contributed by atoms with van der Waals surface area (Å²) in [6.45, 7) is 5.60. The van der Waals surface area contributed by atoms with Gasteiger partial charge in [-0.05, 0) is 44.9 Å². The molecule has 1 aromatic heterocycles. The maximum Gasteiger partial charge on any atom is 0.0415 e. The molecule has 1 unspecified atom stereocenters. The van der Waals surface area contributed by atoms with Crippen LogP contribution in [-0.2, 0) is 0 Å². The van der Waals surface area contributed by atoms with Crippen LogP contribution in [0.4, 0.5) is 0 Å². The predicted octanol–water partition coefficient (Wildman–Crippen LogP) is 2.79. The van der Waals surface area contributed by atoms with E-state index >= 15 is 0 Å². The molecular weight excluding hydrogens is 166 g/mol. The summed E-state index contributed by atoms with van der Waals surface area (Å²) in [5.74, 6) is 0. The van der Waals surface area contributed by atoms with Gasteiger partial charge >= 0.3 is 0 Å². The van der Waals surface area contributed by atoms with Crippen molar-refractivity contribution < 1.29 is 0 Å². The summed E-state index contributed by atoms with van der Waals surface area (Å²) >= 11 is 1.95. The van der Waals surface area contributed by atoms with Gasteiger partial charge in [-0.25, -0.2) is 0 Å². The first kappa shape index (κ1) is 8.27. The van der Waals surface area contributed by atoms with E-state index in [2.05, 4.69) is 25.2 Å². The number of aryl methyl sites for hydroxylation is 2. The monoisotopic (exact) mass is 181 g/mol. The molecule has 1 aromatic rings. The lowest BCUT2D eigenvalue weighted by Crippen LogP contribution is -2.11. The smallest absolute Gasteiger partial charge is 0.0415 e. The number of hydrogen-bond acceptors (Lipinski definition) is 2. The third kappa shape index (κ3) is 1.41. The zero-order chi connectivity index (χ0) is 8.55. The van der Waals surface area contributed by atoms with E-state index in [1.807, 2.05) is 11.3 Å². The lowest BCUT2D eigenvalue weighted by atomic mass is 10.2. The Morgan fingerprint density at radius 1 is 1.50 bits per heavy atom. The maximum atomic E-state index is 3.52. The molecule has 2 heterocycles. The summed E-state index contributed by atoms with van der Waals surface area (Å²) in [5.41, 5.74) is 1.45. The average Bonchev–Trinajstić information content (AvgIpc) is 2.61. The van der Waals surface area contributed by atoms with Crippen LogP contribution in [0.25, 0.3) is 0 Å². The van der Waals surface area contributed by atoms with E-state index in [0.717, 1.165) is 0 Å². The van der Waals surface area contributed by atoms with E-state index < -0.39 is 0 Å². The van der Waals surface area contributed by atoms with Crippen molar-refractivity contribution in [1.29, 1.82) is 0 Å². The highest BCUT2D eigenvalue weighted by Crippen LogP contribution is 2.31. The third-order valence-electron chi connectivity index (χ3n) is 2.59. The molecule has 12 heavy (non-hydrogen) atoms. The van der Waals surface area contributed by atoms with Crippen LogP contribution >= 0.6 is 11.3 Å². The Bertz CT molecular complexity index is 252. The van der Waals surface area contributed by atoms with Crippen LogP contribution in [0.3, 0.4) is 0 Å². The predicted molar refractivity (Wildman–Crippen MR) is 53.8 cm³/mol. The average molecular weight is 181 g/mol. The Balaban J connectivity index is 2.21. The molecule has 1 N–H and O–H groups in total.